The van der Waals surface area contributed by atoms with Crippen LogP contribution in [0.25, 0.3) is 10.4 Å². The Kier molecular flexibility index (Phi) is 85.2. The summed E-state index contributed by atoms with van der Waals surface area (Å²) in [6.45, 7) is 18.2. The number of nitrogens with two attached hydrogens (primary N) is 3. The van der Waals surface area contributed by atoms with Crippen molar-refractivity contribution in [1.82, 2.24) is 21.0 Å². The number of unbranched alkanes of at least 4 members (excludes halogenated alkanes) is 4. The predicted octanol–water partition coefficient (Wildman–Crippen LogP) is 10.7. The predicted molar refractivity (Wildman–Crippen MR) is 323 cm³/mol. The van der Waals surface area contributed by atoms with Crippen molar-refractivity contribution in [3.05, 3.63) is 10.4 Å². The van der Waals surface area contributed by atoms with E-state index in [2.05, 4.69) is 177 Å². The monoisotopic (exact) mass is 1490 g/mol. The molecule has 0 radical (unpaired) electrons. The van der Waals surface area contributed by atoms with Crippen molar-refractivity contribution in [2.45, 2.75) is 150 Å². The van der Waals surface area contributed by atoms with Gasteiger partial charge in [-0.05, 0) is 82.1 Å². The van der Waals surface area contributed by atoms with Crippen molar-refractivity contribution < 1.29 is 33.4 Å². The molecule has 1 saturated carbocycles. The van der Waals surface area contributed by atoms with Gasteiger partial charge in [0.2, 0.25) is 17.7 Å². The van der Waals surface area contributed by atoms with E-state index in [1.807, 2.05) is 0 Å². The lowest BCUT2D eigenvalue weighted by Gasteiger charge is -2.13. The summed E-state index contributed by atoms with van der Waals surface area (Å²) in [4.78, 5) is 51.7. The van der Waals surface area contributed by atoms with Gasteiger partial charge in [-0.15, -0.1) is 0 Å². The van der Waals surface area contributed by atoms with E-state index in [9.17, 15) is 19.2 Å². The highest BCUT2D eigenvalue weighted by atomic mass is 127. The number of azide groups is 1. The Hall–Kier alpha value is -0.300. The average molecular weight is 1490 g/mol. The molecule has 0 bridgehead atoms. The second kappa shape index (κ2) is 73.2. The van der Waals surface area contributed by atoms with Gasteiger partial charge < -0.3 is 36.3 Å². The first-order valence-electron chi connectivity index (χ1n) is 24.2. The van der Waals surface area contributed by atoms with Gasteiger partial charge in [0.15, 0.2) is 5.96 Å². The number of guanidine groups is 1. The van der Waals surface area contributed by atoms with Crippen LogP contribution < -0.4 is 33.4 Å². The Labute approximate surface area is 475 Å². The van der Waals surface area contributed by atoms with Crippen LogP contribution in [0.1, 0.15) is 150 Å². The third kappa shape index (κ3) is 82.6. The van der Waals surface area contributed by atoms with E-state index in [0.717, 1.165) is 105 Å². The van der Waals surface area contributed by atoms with Crippen LogP contribution in [0.2, 0.25) is 0 Å². The van der Waals surface area contributed by atoms with Crippen LogP contribution in [-0.4, -0.2) is 131 Å². The first-order valence-corrected chi connectivity index (χ1v) is 31.4. The summed E-state index contributed by atoms with van der Waals surface area (Å²) in [5, 5.41) is 9.60. The standard InChI is InChI=1S/C10H15IN2O3.C7H13IO.C6H13IO.C5H10INO2.C5H13N3.C4H9Br.C4H9N3.C4H12N2/c11-5-1-6-12-8(14)4-7-13-9(15)2-3-10(13)16;8-4-1-5-9-6-7-2-3-7;1-2-5-8-6-3-4-7;1-7-5(8)9-4-2-3-6;1-2-3-4-8-5(6)7;1-2-3-4-5;1-2-3-4-6-7-5;1-2-3-4-6-5/h1-7H2,(H,12,14);7H,1-6H2;2-6H2,1H3;2-4H2,1H3,(H,7,8);2-4H2,1H3,(H4,6,7,8);2-4H2,1H3;2-4H2,1H3;6H,2-5H2,1H3. The summed E-state index contributed by atoms with van der Waals surface area (Å²) in [5.41, 5.74) is 20.4. The number of alkyl halides is 5. The molecular weight excluding hydrogens is 1390 g/mol. The lowest BCUT2D eigenvalue weighted by atomic mass is 10.3. The maximum absolute atomic E-state index is 11.3. The molecule has 0 aromatic heterocycles. The number of halogens is 5. The van der Waals surface area contributed by atoms with E-state index in [4.69, 9.17) is 32.3 Å². The maximum atomic E-state index is 11.3. The van der Waals surface area contributed by atoms with E-state index in [1.54, 1.807) is 7.05 Å². The zero-order valence-electron chi connectivity index (χ0n) is 42.6. The smallest absolute Gasteiger partial charge is 0.406 e. The fourth-order valence-corrected chi connectivity index (χ4v) is 5.78. The number of aliphatic imine (C=N–C) groups is 1. The van der Waals surface area contributed by atoms with Crippen LogP contribution in [0, 0.1) is 5.92 Å². The molecule has 1 aliphatic heterocycles. The fraction of sp³-hybridized carbons (Fsp3) is 0.889. The van der Waals surface area contributed by atoms with Crippen molar-refractivity contribution >= 4 is 136 Å². The number of hydrogen-bond donors (Lipinski definition) is 6. The number of nitrogens with one attached hydrogen (secondary N) is 3. The van der Waals surface area contributed by atoms with E-state index in [0.29, 0.717) is 19.7 Å². The summed E-state index contributed by atoms with van der Waals surface area (Å²) < 4.78 is 19.7. The summed E-state index contributed by atoms with van der Waals surface area (Å²) >= 11 is 12.5. The van der Waals surface area contributed by atoms with Gasteiger partial charge in [0.05, 0.1) is 6.61 Å². The molecule has 1 saturated heterocycles. The zero-order chi connectivity index (χ0) is 52.7. The van der Waals surface area contributed by atoms with Crippen molar-refractivity contribution in [3.8, 4) is 0 Å². The molecule has 0 atom stereocenters. The molecular formula is C45H94BrI4N11O7. The third-order valence-corrected chi connectivity index (χ3v) is 11.6. The van der Waals surface area contributed by atoms with Gasteiger partial charge >= 0.3 is 6.09 Å². The molecule has 23 heteroatoms. The highest BCUT2D eigenvalue weighted by molar-refractivity contribution is 14.1. The largest absolute Gasteiger partial charge is 0.450 e. The summed E-state index contributed by atoms with van der Waals surface area (Å²) in [6.07, 6.45) is 18.0. The number of imide groups is 1. The highest BCUT2D eigenvalue weighted by Crippen LogP contribution is 2.28. The van der Waals surface area contributed by atoms with Gasteiger partial charge in [-0.25, -0.2) is 4.79 Å². The third-order valence-electron chi connectivity index (χ3n) is 7.95. The first-order chi connectivity index (χ1) is 32.8. The molecule has 68 heavy (non-hydrogen) atoms. The Bertz CT molecular complexity index is 1120. The number of alkyl carbamates (subject to hydrolysis) is 1. The zero-order valence-corrected chi connectivity index (χ0v) is 52.8. The quantitative estimate of drug-likeness (QED) is 0.00336. The van der Waals surface area contributed by atoms with Crippen LogP contribution in [0.3, 0.4) is 0 Å². The molecule has 18 nitrogen and oxygen atoms in total. The Morgan fingerprint density at radius 2 is 1.28 bits per heavy atom. The normalized spacial score (nSPS) is 11.6. The number of amides is 4. The molecule has 1 heterocycles. The second-order valence-electron chi connectivity index (χ2n) is 14.5. The fourth-order valence-electron chi connectivity index (χ4n) is 3.91. The molecule has 9 N–H and O–H groups in total. The molecule has 2 rings (SSSR count). The highest BCUT2D eigenvalue weighted by Gasteiger charge is 2.28. The van der Waals surface area contributed by atoms with Gasteiger partial charge in [0, 0.05) is 113 Å². The van der Waals surface area contributed by atoms with Gasteiger partial charge in [-0.3, -0.25) is 35.5 Å². The number of rotatable bonds is 30. The van der Waals surface area contributed by atoms with Crippen molar-refractivity contribution in [1.29, 1.82) is 0 Å². The molecule has 0 unspecified atom stereocenters. The first kappa shape index (κ1) is 79.1. The van der Waals surface area contributed by atoms with E-state index < -0.39 is 0 Å². The number of hydrogen-bond acceptors (Lipinski definition) is 11. The molecule has 2 fully saturated rings. The molecule has 406 valence electrons. The van der Waals surface area contributed by atoms with Crippen molar-refractivity contribution in [2.24, 2.45) is 33.3 Å². The van der Waals surface area contributed by atoms with Crippen molar-refractivity contribution in [3.63, 3.8) is 0 Å². The minimum Gasteiger partial charge on any atom is -0.450 e. The molecule has 0 spiro atoms. The number of hydrazine groups is 1. The van der Waals surface area contributed by atoms with Crippen molar-refractivity contribution in [2.75, 3.05) is 95.8 Å². The molecule has 0 aromatic carbocycles. The maximum Gasteiger partial charge on any atom is 0.406 e. The molecule has 4 amide bonds. The van der Waals surface area contributed by atoms with Crippen LogP contribution >= 0.6 is 106 Å². The van der Waals surface area contributed by atoms with Crippen LogP contribution in [0.4, 0.5) is 4.79 Å². The number of carbonyl (C=O) groups is 4. The minimum absolute atomic E-state index is 0.0997. The number of ether oxygens (including phenoxy) is 3. The molecule has 0 aromatic rings. The SMILES string of the molecule is CCCCBr.CCCCN=C(N)N.CCCCN=[N+]=[N-].CCCCNN.CCCOCCCI.CNC(=O)OCCCI.ICCCOCC1CC1.O=C(CCN1C(=O)CCC1=O)NCCCI. The summed E-state index contributed by atoms with van der Waals surface area (Å²) in [7, 11) is 1.55. The van der Waals surface area contributed by atoms with E-state index >= 15 is 0 Å². The second-order valence-corrected chi connectivity index (χ2v) is 19.7. The van der Waals surface area contributed by atoms with E-state index in [-0.39, 0.29) is 55.6 Å². The molecule has 2 aliphatic rings. The summed E-state index contributed by atoms with van der Waals surface area (Å²) in [6, 6.07) is 0. The minimum atomic E-state index is -0.347. The van der Waals surface area contributed by atoms with Gasteiger partial charge in [-0.1, -0.05) is 172 Å². The Morgan fingerprint density at radius 3 is 1.69 bits per heavy atom. The van der Waals surface area contributed by atoms with Crippen LogP contribution in [0.15, 0.2) is 10.1 Å². The number of likely N-dealkylation sites (tertiary alicyclic amines) is 1. The van der Waals surface area contributed by atoms with Gasteiger partial charge in [-0.2, -0.15) is 0 Å². The average Bonchev–Trinajstić information content (AvgIpc) is 4.11. The Morgan fingerprint density at radius 1 is 0.750 bits per heavy atom. The summed E-state index contributed by atoms with van der Waals surface area (Å²) in [5.74, 6) is 5.66. The topological polar surface area (TPSA) is 274 Å². The van der Waals surface area contributed by atoms with Crippen LogP contribution in [0.5, 0.6) is 0 Å². The Balaban J connectivity index is -0.000000166. The van der Waals surface area contributed by atoms with Gasteiger partial charge in [0.25, 0.3) is 0 Å². The lowest BCUT2D eigenvalue weighted by Crippen LogP contribution is -2.34. The number of nitrogens with zero attached hydrogens (tertiary/aromatic N) is 5. The van der Waals surface area contributed by atoms with Crippen LogP contribution in [-0.2, 0) is 28.6 Å². The number of carbonyl (C=O) groups excluding carboxylic acids is 4. The lowest BCUT2D eigenvalue weighted by molar-refractivity contribution is -0.138. The molecule has 1 aliphatic carbocycles. The van der Waals surface area contributed by atoms with Gasteiger partial charge in [0.1, 0.15) is 0 Å². The van der Waals surface area contributed by atoms with E-state index in [1.165, 1.54) is 65.1 Å².